The Hall–Kier alpha value is -1.28. The molecule has 1 aromatic heterocycles. The van der Waals surface area contributed by atoms with Crippen molar-refractivity contribution in [1.29, 1.82) is 0 Å². The van der Waals surface area contributed by atoms with E-state index in [1.165, 1.54) is 23.4 Å². The molecular weight excluding hydrogens is 232 g/mol. The van der Waals surface area contributed by atoms with Crippen molar-refractivity contribution in [3.8, 4) is 0 Å². The van der Waals surface area contributed by atoms with Crippen molar-refractivity contribution in [2.24, 2.45) is 5.73 Å². The molecule has 0 aliphatic rings. The van der Waals surface area contributed by atoms with Gasteiger partial charge in [0.25, 0.3) is 0 Å². The minimum atomic E-state index is -0.716. The maximum atomic E-state index is 11.2. The quantitative estimate of drug-likeness (QED) is 0.520. The van der Waals surface area contributed by atoms with Crippen LogP contribution in [0.2, 0.25) is 0 Å². The molecule has 0 saturated carbocycles. The number of carbonyl (C=O) groups excluding carboxylic acids is 1. The minimum Gasteiger partial charge on any atom is -0.468 e. The minimum absolute atomic E-state index is 0.267. The topological polar surface area (TPSA) is 103 Å². The molecule has 0 bridgehead atoms. The van der Waals surface area contributed by atoms with Crippen LogP contribution in [-0.2, 0) is 16.1 Å². The van der Waals surface area contributed by atoms with Gasteiger partial charge < -0.3 is 10.5 Å². The van der Waals surface area contributed by atoms with E-state index >= 15 is 0 Å². The highest BCUT2D eigenvalue weighted by Gasteiger charge is 2.16. The van der Waals surface area contributed by atoms with Crippen molar-refractivity contribution in [3.05, 3.63) is 10.5 Å². The first-order valence-electron chi connectivity index (χ1n) is 4.71. The predicted octanol–water partition coefficient (Wildman–Crippen LogP) is -0.816. The molecule has 0 fully saturated rings. The Kier molecular flexibility index (Phi) is 4.56. The highest BCUT2D eigenvalue weighted by atomic mass is 32.2. The maximum Gasteiger partial charge on any atom is 0.343 e. The molecule has 1 aromatic rings. The van der Waals surface area contributed by atoms with E-state index in [0.29, 0.717) is 17.5 Å². The number of methoxy groups -OCH3 is 1. The van der Waals surface area contributed by atoms with Crippen molar-refractivity contribution < 1.29 is 9.53 Å². The average molecular weight is 246 g/mol. The summed E-state index contributed by atoms with van der Waals surface area (Å²) in [5, 5.41) is 6.68. The van der Waals surface area contributed by atoms with Crippen LogP contribution in [0.15, 0.2) is 9.95 Å². The van der Waals surface area contributed by atoms with Gasteiger partial charge in [-0.05, 0) is 6.92 Å². The summed E-state index contributed by atoms with van der Waals surface area (Å²) in [6, 6.07) is -0.716. The van der Waals surface area contributed by atoms with Gasteiger partial charge in [0, 0.05) is 12.3 Å². The lowest BCUT2D eigenvalue weighted by Gasteiger charge is -2.08. The van der Waals surface area contributed by atoms with Gasteiger partial charge in [-0.3, -0.25) is 9.36 Å². The molecule has 0 aromatic carbocycles. The molecule has 0 amide bonds. The monoisotopic (exact) mass is 246 g/mol. The van der Waals surface area contributed by atoms with Crippen LogP contribution < -0.4 is 11.4 Å². The number of esters is 1. The fourth-order valence-electron chi connectivity index (χ4n) is 1.08. The van der Waals surface area contributed by atoms with E-state index in [9.17, 15) is 9.59 Å². The van der Waals surface area contributed by atoms with Crippen LogP contribution >= 0.6 is 11.8 Å². The van der Waals surface area contributed by atoms with Crippen LogP contribution in [0.1, 0.15) is 6.92 Å². The van der Waals surface area contributed by atoms with Gasteiger partial charge in [-0.15, -0.1) is 5.10 Å². The Balaban J connectivity index is 2.61. The number of thioether (sulfide) groups is 1. The molecule has 0 spiro atoms. The Morgan fingerprint density at radius 1 is 1.75 bits per heavy atom. The predicted molar refractivity (Wildman–Crippen MR) is 59.2 cm³/mol. The van der Waals surface area contributed by atoms with Gasteiger partial charge in [-0.2, -0.15) is 0 Å². The maximum absolute atomic E-state index is 11.2. The largest absolute Gasteiger partial charge is 0.468 e. The highest BCUT2D eigenvalue weighted by molar-refractivity contribution is 7.99. The lowest BCUT2D eigenvalue weighted by Crippen LogP contribution is -2.34. The number of carbonyl (C=O) groups is 1. The molecule has 1 unspecified atom stereocenters. The Bertz CT molecular complexity index is 414. The second kappa shape index (κ2) is 5.71. The number of nitrogens with two attached hydrogens (primary N) is 1. The van der Waals surface area contributed by atoms with E-state index in [-0.39, 0.29) is 5.69 Å². The van der Waals surface area contributed by atoms with E-state index in [0.717, 1.165) is 0 Å². The highest BCUT2D eigenvalue weighted by Crippen LogP contribution is 2.13. The van der Waals surface area contributed by atoms with Gasteiger partial charge >= 0.3 is 11.7 Å². The summed E-state index contributed by atoms with van der Waals surface area (Å²) in [5.74, 6) is -0.162. The summed E-state index contributed by atoms with van der Waals surface area (Å²) < 4.78 is 5.96. The smallest absolute Gasteiger partial charge is 0.343 e. The summed E-state index contributed by atoms with van der Waals surface area (Å²) >= 11 is 1.24. The zero-order valence-electron chi connectivity index (χ0n) is 9.10. The fourth-order valence-corrected chi connectivity index (χ4v) is 2.02. The van der Waals surface area contributed by atoms with Crippen molar-refractivity contribution in [1.82, 2.24) is 14.8 Å². The number of aromatic nitrogens is 3. The van der Waals surface area contributed by atoms with Crippen molar-refractivity contribution in [2.75, 3.05) is 12.9 Å². The summed E-state index contributed by atoms with van der Waals surface area (Å²) in [5.41, 5.74) is 5.29. The summed E-state index contributed by atoms with van der Waals surface area (Å²) in [6.45, 7) is 2.35. The summed E-state index contributed by atoms with van der Waals surface area (Å²) in [4.78, 5) is 22.2. The van der Waals surface area contributed by atoms with Crippen molar-refractivity contribution >= 4 is 17.7 Å². The van der Waals surface area contributed by atoms with Crippen LogP contribution in [0.25, 0.3) is 0 Å². The van der Waals surface area contributed by atoms with E-state index < -0.39 is 12.0 Å². The molecule has 0 radical (unpaired) electrons. The third-order valence-electron chi connectivity index (χ3n) is 1.94. The number of H-pyrrole nitrogens is 1. The molecule has 8 heteroatoms. The van der Waals surface area contributed by atoms with Gasteiger partial charge in [0.1, 0.15) is 6.04 Å². The molecule has 7 nitrogen and oxygen atoms in total. The molecule has 0 saturated heterocycles. The fraction of sp³-hybridized carbons (Fsp3) is 0.625. The first-order valence-corrected chi connectivity index (χ1v) is 5.70. The second-order valence-electron chi connectivity index (χ2n) is 3.00. The van der Waals surface area contributed by atoms with Gasteiger partial charge in [-0.25, -0.2) is 9.89 Å². The number of rotatable bonds is 5. The van der Waals surface area contributed by atoms with Crippen LogP contribution in [0.4, 0.5) is 0 Å². The molecule has 90 valence electrons. The molecular formula is C8H14N4O3S. The molecule has 1 heterocycles. The summed E-state index contributed by atoms with van der Waals surface area (Å²) in [7, 11) is 1.28. The Morgan fingerprint density at radius 3 is 3.00 bits per heavy atom. The average Bonchev–Trinajstić information content (AvgIpc) is 2.65. The molecule has 1 rings (SSSR count). The summed E-state index contributed by atoms with van der Waals surface area (Å²) in [6.07, 6.45) is 0. The number of hydrogen-bond acceptors (Lipinski definition) is 6. The Morgan fingerprint density at radius 2 is 2.44 bits per heavy atom. The van der Waals surface area contributed by atoms with Gasteiger partial charge in [-0.1, -0.05) is 11.8 Å². The first-order chi connectivity index (χ1) is 7.60. The van der Waals surface area contributed by atoms with Gasteiger partial charge in [0.05, 0.1) is 7.11 Å². The third kappa shape index (κ3) is 2.86. The zero-order valence-corrected chi connectivity index (χ0v) is 9.91. The van der Waals surface area contributed by atoms with Gasteiger partial charge in [0.15, 0.2) is 5.16 Å². The number of aromatic amines is 1. The molecule has 3 N–H and O–H groups in total. The number of ether oxygens (including phenoxy) is 1. The molecule has 1 atom stereocenters. The lowest BCUT2D eigenvalue weighted by molar-refractivity contribution is -0.141. The lowest BCUT2D eigenvalue weighted by atomic mass is 10.4. The van der Waals surface area contributed by atoms with E-state index in [1.54, 1.807) is 0 Å². The third-order valence-corrected chi connectivity index (χ3v) is 3.03. The number of hydrogen-bond donors (Lipinski definition) is 2. The van der Waals surface area contributed by atoms with E-state index in [4.69, 9.17) is 5.73 Å². The standard InChI is InChI=1S/C8H14N4O3S/c1-3-12-7(14)10-11-8(12)16-4-5(9)6(13)15-2/h5H,3-4,9H2,1-2H3,(H,10,14). The van der Waals surface area contributed by atoms with E-state index in [1.807, 2.05) is 6.92 Å². The number of nitrogens with zero attached hydrogens (tertiary/aromatic N) is 2. The van der Waals surface area contributed by atoms with Crippen LogP contribution in [0.5, 0.6) is 0 Å². The zero-order chi connectivity index (χ0) is 12.1. The van der Waals surface area contributed by atoms with Crippen LogP contribution in [0.3, 0.4) is 0 Å². The first kappa shape index (κ1) is 12.8. The van der Waals surface area contributed by atoms with Gasteiger partial charge in [0.2, 0.25) is 0 Å². The Labute approximate surface area is 96.3 Å². The second-order valence-corrected chi connectivity index (χ2v) is 3.98. The molecule has 0 aliphatic carbocycles. The molecule has 0 aliphatic heterocycles. The number of nitrogens with one attached hydrogen (secondary N) is 1. The van der Waals surface area contributed by atoms with E-state index in [2.05, 4.69) is 14.9 Å². The SMILES string of the molecule is CCn1c(SCC(N)C(=O)OC)n[nH]c1=O. The van der Waals surface area contributed by atoms with Crippen molar-refractivity contribution in [3.63, 3.8) is 0 Å². The van der Waals surface area contributed by atoms with Crippen molar-refractivity contribution in [2.45, 2.75) is 24.7 Å². The van der Waals surface area contributed by atoms with Crippen LogP contribution in [-0.4, -0.2) is 39.6 Å². The normalized spacial score (nSPS) is 12.4. The van der Waals surface area contributed by atoms with Crippen LogP contribution in [0, 0.1) is 0 Å². The molecule has 16 heavy (non-hydrogen) atoms.